The van der Waals surface area contributed by atoms with Gasteiger partial charge in [0.05, 0.1) is 23.2 Å². The number of ether oxygens (including phenoxy) is 1. The van der Waals surface area contributed by atoms with E-state index in [1.54, 1.807) is 41.6 Å². The van der Waals surface area contributed by atoms with Gasteiger partial charge in [-0.1, -0.05) is 60.7 Å². The minimum Gasteiger partial charge on any atom is -0.487 e. The lowest BCUT2D eigenvalue weighted by atomic mass is 9.81. The summed E-state index contributed by atoms with van der Waals surface area (Å²) in [7, 11) is 0. The number of nitrogens with one attached hydrogen (secondary N) is 1. The van der Waals surface area contributed by atoms with Crippen molar-refractivity contribution < 1.29 is 14.3 Å². The summed E-state index contributed by atoms with van der Waals surface area (Å²) >= 11 is 0. The van der Waals surface area contributed by atoms with Gasteiger partial charge in [-0.15, -0.1) is 0 Å². The third-order valence-corrected chi connectivity index (χ3v) is 8.32. The van der Waals surface area contributed by atoms with Crippen molar-refractivity contribution in [1.82, 2.24) is 20.2 Å². The van der Waals surface area contributed by atoms with Gasteiger partial charge in [0.1, 0.15) is 18.4 Å². The molecule has 6 rings (SSSR count). The summed E-state index contributed by atoms with van der Waals surface area (Å²) < 4.78 is 5.93. The van der Waals surface area contributed by atoms with Crippen LogP contribution < -0.4 is 10.1 Å². The Bertz CT molecular complexity index is 1800. The largest absolute Gasteiger partial charge is 0.487 e. The number of nitrogens with zero attached hydrogens (tertiary/aromatic N) is 4. The van der Waals surface area contributed by atoms with Crippen LogP contribution in [0.4, 0.5) is 0 Å². The summed E-state index contributed by atoms with van der Waals surface area (Å²) in [5.41, 5.74) is 3.76. The molecule has 5 aromatic rings. The molecule has 8 nitrogen and oxygen atoms in total. The molecule has 3 aromatic carbocycles. The molecule has 0 saturated carbocycles. The molecule has 0 spiro atoms. The molecular formula is C37H33N5O3. The Balaban J connectivity index is 1.09. The molecule has 45 heavy (non-hydrogen) atoms. The van der Waals surface area contributed by atoms with E-state index in [2.05, 4.69) is 21.4 Å². The number of hydrogen-bond donors (Lipinski definition) is 1. The molecule has 1 aliphatic rings. The zero-order valence-corrected chi connectivity index (χ0v) is 24.8. The topological polar surface area (TPSA) is 108 Å². The Morgan fingerprint density at radius 3 is 2.36 bits per heavy atom. The van der Waals surface area contributed by atoms with E-state index in [9.17, 15) is 14.9 Å². The van der Waals surface area contributed by atoms with Crippen LogP contribution in [0.3, 0.4) is 0 Å². The third-order valence-electron chi connectivity index (χ3n) is 8.32. The number of rotatable bonds is 9. The van der Waals surface area contributed by atoms with Crippen LogP contribution in [-0.4, -0.2) is 39.8 Å². The molecule has 1 fully saturated rings. The molecule has 2 unspecified atom stereocenters. The summed E-state index contributed by atoms with van der Waals surface area (Å²) in [5.74, 6) is -0.0363. The molecule has 1 saturated heterocycles. The summed E-state index contributed by atoms with van der Waals surface area (Å²) in [4.78, 5) is 37.8. The number of nitriles is 1. The molecule has 0 bridgehead atoms. The molecule has 8 heteroatoms. The van der Waals surface area contributed by atoms with Gasteiger partial charge in [-0.25, -0.2) is 4.98 Å². The quantitative estimate of drug-likeness (QED) is 0.217. The van der Waals surface area contributed by atoms with Gasteiger partial charge in [0.2, 0.25) is 5.91 Å². The average Bonchev–Trinajstić information content (AvgIpc) is 3.11. The third kappa shape index (κ3) is 7.00. The van der Waals surface area contributed by atoms with Gasteiger partial charge in [0, 0.05) is 36.4 Å². The Kier molecular flexibility index (Phi) is 9.07. The number of para-hydroxylation sites is 1. The highest BCUT2D eigenvalue weighted by molar-refractivity contribution is 5.98. The van der Waals surface area contributed by atoms with E-state index in [0.29, 0.717) is 49.4 Å². The molecular weight excluding hydrogens is 562 g/mol. The fraction of sp³-hybridized carbons (Fsp3) is 0.216. The second kappa shape index (κ2) is 13.8. The van der Waals surface area contributed by atoms with Gasteiger partial charge in [-0.2, -0.15) is 5.26 Å². The van der Waals surface area contributed by atoms with Gasteiger partial charge < -0.3 is 15.0 Å². The highest BCUT2D eigenvalue weighted by atomic mass is 16.5. The SMILES string of the molecule is N#CC(c1cccnc1)C1CCN(C(=O)C(NC(=O)c2ccc(OCc3ccc4ccccc4n3)cc2)c2ccccc2)CC1. The number of benzene rings is 3. The molecule has 1 aliphatic heterocycles. The Morgan fingerprint density at radius 2 is 1.62 bits per heavy atom. The van der Waals surface area contributed by atoms with E-state index in [4.69, 9.17) is 4.74 Å². The smallest absolute Gasteiger partial charge is 0.252 e. The molecule has 2 aromatic heterocycles. The second-order valence-corrected chi connectivity index (χ2v) is 11.2. The highest BCUT2D eigenvalue weighted by Crippen LogP contribution is 2.33. The Hall–Kier alpha value is -5.55. The van der Waals surface area contributed by atoms with Crippen LogP contribution in [0.2, 0.25) is 0 Å². The fourth-order valence-electron chi connectivity index (χ4n) is 5.84. The molecule has 0 radical (unpaired) electrons. The number of carbonyl (C=O) groups excluding carboxylic acids is 2. The number of aromatic nitrogens is 2. The first kappa shape index (κ1) is 29.5. The van der Waals surface area contributed by atoms with Crippen LogP contribution in [0.15, 0.2) is 116 Å². The average molecular weight is 596 g/mol. The summed E-state index contributed by atoms with van der Waals surface area (Å²) in [5, 5.41) is 13.9. The van der Waals surface area contributed by atoms with E-state index in [0.717, 1.165) is 22.2 Å². The Labute approximate surface area is 262 Å². The van der Waals surface area contributed by atoms with Gasteiger partial charge in [-0.05, 0) is 72.4 Å². The van der Waals surface area contributed by atoms with E-state index in [1.165, 1.54) is 0 Å². The first-order valence-electron chi connectivity index (χ1n) is 15.1. The van der Waals surface area contributed by atoms with Gasteiger partial charge in [-0.3, -0.25) is 14.6 Å². The van der Waals surface area contributed by atoms with Crippen molar-refractivity contribution in [1.29, 1.82) is 5.26 Å². The second-order valence-electron chi connectivity index (χ2n) is 11.2. The molecule has 1 N–H and O–H groups in total. The molecule has 2 amide bonds. The predicted molar refractivity (Wildman–Crippen MR) is 171 cm³/mol. The fourth-order valence-corrected chi connectivity index (χ4v) is 5.84. The summed E-state index contributed by atoms with van der Waals surface area (Å²) in [6.45, 7) is 1.33. The van der Waals surface area contributed by atoms with Gasteiger partial charge >= 0.3 is 0 Å². The van der Waals surface area contributed by atoms with Crippen molar-refractivity contribution in [2.24, 2.45) is 5.92 Å². The maximum atomic E-state index is 13.8. The van der Waals surface area contributed by atoms with Crippen LogP contribution in [0.5, 0.6) is 5.75 Å². The van der Waals surface area contributed by atoms with Crippen LogP contribution in [-0.2, 0) is 11.4 Å². The van der Waals surface area contributed by atoms with Crippen LogP contribution >= 0.6 is 0 Å². The molecule has 0 aliphatic carbocycles. The summed E-state index contributed by atoms with van der Waals surface area (Å²) in [6, 6.07) is 33.4. The normalized spacial score (nSPS) is 14.7. The maximum Gasteiger partial charge on any atom is 0.252 e. The number of amides is 2. The highest BCUT2D eigenvalue weighted by Gasteiger charge is 2.33. The van der Waals surface area contributed by atoms with Gasteiger partial charge in [0.15, 0.2) is 0 Å². The molecule has 3 heterocycles. The first-order chi connectivity index (χ1) is 22.1. The molecule has 2 atom stereocenters. The van der Waals surface area contributed by atoms with Crippen LogP contribution in [0.1, 0.15) is 52.0 Å². The van der Waals surface area contributed by atoms with Crippen molar-refractivity contribution in [3.63, 3.8) is 0 Å². The zero-order valence-electron chi connectivity index (χ0n) is 24.8. The van der Waals surface area contributed by atoms with E-state index >= 15 is 0 Å². The van der Waals surface area contributed by atoms with E-state index < -0.39 is 6.04 Å². The van der Waals surface area contributed by atoms with E-state index in [1.807, 2.05) is 78.9 Å². The van der Waals surface area contributed by atoms with Crippen molar-refractivity contribution >= 4 is 22.7 Å². The number of carbonyl (C=O) groups is 2. The summed E-state index contributed by atoms with van der Waals surface area (Å²) in [6.07, 6.45) is 4.84. The van der Waals surface area contributed by atoms with E-state index in [-0.39, 0.29) is 23.7 Å². The molecule has 224 valence electrons. The first-order valence-corrected chi connectivity index (χ1v) is 15.1. The minimum absolute atomic E-state index is 0.130. The number of fused-ring (bicyclic) bond motifs is 1. The number of hydrogen-bond acceptors (Lipinski definition) is 6. The van der Waals surface area contributed by atoms with Gasteiger partial charge in [0.25, 0.3) is 5.91 Å². The lowest BCUT2D eigenvalue weighted by molar-refractivity contribution is -0.134. The lowest BCUT2D eigenvalue weighted by Gasteiger charge is -2.36. The maximum absolute atomic E-state index is 13.8. The monoisotopic (exact) mass is 595 g/mol. The van der Waals surface area contributed by atoms with Crippen molar-refractivity contribution in [3.05, 3.63) is 138 Å². The number of likely N-dealkylation sites (tertiary alicyclic amines) is 1. The minimum atomic E-state index is -0.838. The zero-order chi connectivity index (χ0) is 31.0. The van der Waals surface area contributed by atoms with Crippen LogP contribution in [0.25, 0.3) is 10.9 Å². The predicted octanol–water partition coefficient (Wildman–Crippen LogP) is 6.23. The van der Waals surface area contributed by atoms with Crippen molar-refractivity contribution in [2.75, 3.05) is 13.1 Å². The van der Waals surface area contributed by atoms with Crippen molar-refractivity contribution in [3.8, 4) is 11.8 Å². The van der Waals surface area contributed by atoms with Crippen LogP contribution in [0, 0.1) is 17.2 Å². The Morgan fingerprint density at radius 1 is 0.889 bits per heavy atom. The standard InChI is InChI=1S/C37H33N5O3/c38-23-33(30-10-6-20-39-24-30)26-18-21-42(22-19-26)37(44)35(28-8-2-1-3-9-28)41-36(43)29-13-16-32(17-14-29)45-25-31-15-12-27-7-4-5-11-34(27)40-31/h1-17,20,24,26,33,35H,18-19,21-22,25H2,(H,41,43). The van der Waals surface area contributed by atoms with Crippen molar-refractivity contribution in [2.45, 2.75) is 31.4 Å². The number of piperidine rings is 1. The number of pyridine rings is 2. The lowest BCUT2D eigenvalue weighted by Crippen LogP contribution is -2.46.